The van der Waals surface area contributed by atoms with Crippen LogP contribution in [0.2, 0.25) is 0 Å². The summed E-state index contributed by atoms with van der Waals surface area (Å²) in [6.07, 6.45) is 3.93. The summed E-state index contributed by atoms with van der Waals surface area (Å²) in [6.45, 7) is 10.4. The van der Waals surface area contributed by atoms with Gasteiger partial charge < -0.3 is 5.32 Å². The molecule has 2 nitrogen and oxygen atoms in total. The standard InChI is InChI=1S/C17H24FNO/c1-16(2,3)12-17(4,5)19-15(20)10-9-13-7-6-8-14(18)11-13/h6-11H,12H2,1-5H3,(H,19,20)/b10-9+. The van der Waals surface area contributed by atoms with Crippen molar-refractivity contribution < 1.29 is 9.18 Å². The van der Waals surface area contributed by atoms with Crippen molar-refractivity contribution in [3.63, 3.8) is 0 Å². The van der Waals surface area contributed by atoms with E-state index in [2.05, 4.69) is 26.1 Å². The first-order chi connectivity index (χ1) is 9.07. The number of halogens is 1. The zero-order valence-electron chi connectivity index (χ0n) is 13.0. The van der Waals surface area contributed by atoms with Crippen LogP contribution in [-0.2, 0) is 4.79 Å². The van der Waals surface area contributed by atoms with E-state index in [-0.39, 0.29) is 22.7 Å². The van der Waals surface area contributed by atoms with E-state index >= 15 is 0 Å². The van der Waals surface area contributed by atoms with Gasteiger partial charge in [0.2, 0.25) is 5.91 Å². The summed E-state index contributed by atoms with van der Waals surface area (Å²) in [5.74, 6) is -0.468. The summed E-state index contributed by atoms with van der Waals surface area (Å²) in [6, 6.07) is 6.15. The first kappa shape index (κ1) is 16.4. The maximum atomic E-state index is 13.0. The molecule has 0 saturated carbocycles. The van der Waals surface area contributed by atoms with E-state index in [1.54, 1.807) is 18.2 Å². The van der Waals surface area contributed by atoms with Crippen molar-refractivity contribution >= 4 is 12.0 Å². The zero-order valence-corrected chi connectivity index (χ0v) is 13.0. The molecule has 0 aliphatic heterocycles. The van der Waals surface area contributed by atoms with Crippen molar-refractivity contribution in [1.82, 2.24) is 5.32 Å². The van der Waals surface area contributed by atoms with Crippen LogP contribution in [0.25, 0.3) is 6.08 Å². The number of nitrogens with one attached hydrogen (secondary N) is 1. The molecule has 0 radical (unpaired) electrons. The summed E-state index contributed by atoms with van der Waals surface area (Å²) < 4.78 is 13.0. The highest BCUT2D eigenvalue weighted by Gasteiger charge is 2.26. The maximum absolute atomic E-state index is 13.0. The highest BCUT2D eigenvalue weighted by atomic mass is 19.1. The molecule has 0 aliphatic carbocycles. The number of carbonyl (C=O) groups is 1. The van der Waals surface area contributed by atoms with Gasteiger partial charge in [-0.1, -0.05) is 32.9 Å². The van der Waals surface area contributed by atoms with Crippen LogP contribution in [0, 0.1) is 11.2 Å². The summed E-state index contributed by atoms with van der Waals surface area (Å²) in [4.78, 5) is 11.9. The monoisotopic (exact) mass is 277 g/mol. The highest BCUT2D eigenvalue weighted by molar-refractivity contribution is 5.92. The molecule has 1 amide bonds. The molecule has 1 aromatic carbocycles. The van der Waals surface area contributed by atoms with E-state index in [1.165, 1.54) is 18.2 Å². The van der Waals surface area contributed by atoms with E-state index in [9.17, 15) is 9.18 Å². The van der Waals surface area contributed by atoms with E-state index in [4.69, 9.17) is 0 Å². The number of amides is 1. The Balaban J connectivity index is 2.63. The van der Waals surface area contributed by atoms with Crippen LogP contribution in [0.15, 0.2) is 30.3 Å². The largest absolute Gasteiger partial charge is 0.348 e. The molecule has 0 heterocycles. The minimum absolute atomic E-state index is 0.142. The Bertz CT molecular complexity index is 498. The molecule has 0 spiro atoms. The van der Waals surface area contributed by atoms with Gasteiger partial charge in [-0.2, -0.15) is 0 Å². The summed E-state index contributed by atoms with van der Waals surface area (Å²) >= 11 is 0. The van der Waals surface area contributed by atoms with Crippen LogP contribution < -0.4 is 5.32 Å². The van der Waals surface area contributed by atoms with Gasteiger partial charge in [-0.15, -0.1) is 0 Å². The number of carbonyl (C=O) groups excluding carboxylic acids is 1. The molecule has 0 fully saturated rings. The SMILES string of the molecule is CC(C)(C)CC(C)(C)NC(=O)/C=C/c1cccc(F)c1. The van der Waals surface area contributed by atoms with Gasteiger partial charge in [-0.25, -0.2) is 4.39 Å². The van der Waals surface area contributed by atoms with Crippen LogP contribution in [0.3, 0.4) is 0 Å². The second-order valence-electron chi connectivity index (χ2n) is 7.00. The Morgan fingerprint density at radius 2 is 1.90 bits per heavy atom. The van der Waals surface area contributed by atoms with E-state index < -0.39 is 0 Å². The lowest BCUT2D eigenvalue weighted by atomic mass is 9.82. The smallest absolute Gasteiger partial charge is 0.244 e. The summed E-state index contributed by atoms with van der Waals surface area (Å²) in [7, 11) is 0. The molecule has 110 valence electrons. The van der Waals surface area contributed by atoms with Gasteiger partial charge in [0.1, 0.15) is 5.82 Å². The Morgan fingerprint density at radius 1 is 1.25 bits per heavy atom. The molecule has 0 bridgehead atoms. The first-order valence-corrected chi connectivity index (χ1v) is 6.83. The molecule has 20 heavy (non-hydrogen) atoms. The lowest BCUT2D eigenvalue weighted by Crippen LogP contribution is -2.45. The van der Waals surface area contributed by atoms with Gasteiger partial charge in [0, 0.05) is 11.6 Å². The van der Waals surface area contributed by atoms with Gasteiger partial charge >= 0.3 is 0 Å². The van der Waals surface area contributed by atoms with Crippen LogP contribution in [-0.4, -0.2) is 11.4 Å². The van der Waals surface area contributed by atoms with E-state index in [1.807, 2.05) is 13.8 Å². The molecule has 0 aliphatic rings. The third-order valence-electron chi connectivity index (χ3n) is 2.71. The van der Waals surface area contributed by atoms with Gasteiger partial charge in [0.15, 0.2) is 0 Å². The summed E-state index contributed by atoms with van der Waals surface area (Å²) in [5, 5.41) is 2.98. The fourth-order valence-corrected chi connectivity index (χ4v) is 2.53. The minimum atomic E-state index is -0.305. The lowest BCUT2D eigenvalue weighted by Gasteiger charge is -2.32. The number of hydrogen-bond donors (Lipinski definition) is 1. The van der Waals surface area contributed by atoms with Crippen LogP contribution >= 0.6 is 0 Å². The Morgan fingerprint density at radius 3 is 2.45 bits per heavy atom. The first-order valence-electron chi connectivity index (χ1n) is 6.83. The Hall–Kier alpha value is -1.64. The van der Waals surface area contributed by atoms with Gasteiger partial charge in [-0.05, 0) is 49.5 Å². The van der Waals surface area contributed by atoms with Gasteiger partial charge in [-0.3, -0.25) is 4.79 Å². The quantitative estimate of drug-likeness (QED) is 0.822. The molecule has 1 rings (SSSR count). The molecule has 0 atom stereocenters. The van der Waals surface area contributed by atoms with Gasteiger partial charge in [0.25, 0.3) is 0 Å². The van der Waals surface area contributed by atoms with Crippen molar-refractivity contribution in [1.29, 1.82) is 0 Å². The molecular formula is C17H24FNO. The third-order valence-corrected chi connectivity index (χ3v) is 2.71. The van der Waals surface area contributed by atoms with Crippen molar-refractivity contribution in [2.45, 2.75) is 46.6 Å². The average Bonchev–Trinajstić information content (AvgIpc) is 2.22. The Kier molecular flexibility index (Phi) is 5.09. The van der Waals surface area contributed by atoms with Gasteiger partial charge in [0.05, 0.1) is 0 Å². The van der Waals surface area contributed by atoms with Crippen molar-refractivity contribution in [2.24, 2.45) is 5.41 Å². The Labute approximate surface area is 121 Å². The second-order valence-corrected chi connectivity index (χ2v) is 7.00. The fourth-order valence-electron chi connectivity index (χ4n) is 2.53. The van der Waals surface area contributed by atoms with E-state index in [0.717, 1.165) is 6.42 Å². The highest BCUT2D eigenvalue weighted by Crippen LogP contribution is 2.26. The molecule has 1 aromatic rings. The normalized spacial score (nSPS) is 12.7. The van der Waals surface area contributed by atoms with Crippen molar-refractivity contribution in [3.05, 3.63) is 41.7 Å². The lowest BCUT2D eigenvalue weighted by molar-refractivity contribution is -0.118. The number of rotatable bonds is 4. The molecular weight excluding hydrogens is 253 g/mol. The van der Waals surface area contributed by atoms with E-state index in [0.29, 0.717) is 5.56 Å². The molecule has 0 aromatic heterocycles. The average molecular weight is 277 g/mol. The fraction of sp³-hybridized carbons (Fsp3) is 0.471. The minimum Gasteiger partial charge on any atom is -0.348 e. The predicted octanol–water partition coefficient (Wildman–Crippen LogP) is 4.17. The molecule has 1 N–H and O–H groups in total. The number of benzene rings is 1. The second kappa shape index (κ2) is 6.21. The van der Waals surface area contributed by atoms with Crippen molar-refractivity contribution in [3.8, 4) is 0 Å². The number of hydrogen-bond acceptors (Lipinski definition) is 1. The van der Waals surface area contributed by atoms with Crippen molar-refractivity contribution in [2.75, 3.05) is 0 Å². The van der Waals surface area contributed by atoms with Crippen LogP contribution in [0.4, 0.5) is 4.39 Å². The van der Waals surface area contributed by atoms with Crippen LogP contribution in [0.1, 0.15) is 46.6 Å². The summed E-state index contributed by atoms with van der Waals surface area (Å²) in [5.41, 5.74) is 0.541. The zero-order chi connectivity index (χ0) is 15.4. The third kappa shape index (κ3) is 6.50. The maximum Gasteiger partial charge on any atom is 0.244 e. The van der Waals surface area contributed by atoms with Crippen LogP contribution in [0.5, 0.6) is 0 Å². The molecule has 0 unspecified atom stereocenters. The molecule has 0 saturated heterocycles. The predicted molar refractivity (Wildman–Crippen MR) is 81.7 cm³/mol. The molecule has 3 heteroatoms. The topological polar surface area (TPSA) is 29.1 Å².